The molecule has 2 aromatic rings. The van der Waals surface area contributed by atoms with Crippen molar-refractivity contribution < 1.29 is 18.3 Å². The van der Waals surface area contributed by atoms with Gasteiger partial charge in [-0.15, -0.1) is 0 Å². The first-order valence-electron chi connectivity index (χ1n) is 9.02. The molecule has 9 heteroatoms. The second-order valence-corrected chi connectivity index (χ2v) is 6.46. The Morgan fingerprint density at radius 2 is 1.96 bits per heavy atom. The summed E-state index contributed by atoms with van der Waals surface area (Å²) in [6, 6.07) is 9.53. The van der Waals surface area contributed by atoms with Crippen molar-refractivity contribution >= 4 is 17.2 Å². The maximum atomic E-state index is 12.6. The normalized spacial score (nSPS) is 15.4. The molecule has 2 heterocycles. The van der Waals surface area contributed by atoms with E-state index in [1.54, 1.807) is 0 Å². The lowest BCUT2D eigenvalue weighted by molar-refractivity contribution is -0.136. The molecule has 1 saturated heterocycles. The predicted molar refractivity (Wildman–Crippen MR) is 105 cm³/mol. The number of nitrogens with one attached hydrogen (secondary N) is 2. The molecule has 1 atom stereocenters. The number of hydrogen-bond acceptors (Lipinski definition) is 6. The highest BCUT2D eigenvalue weighted by molar-refractivity contribution is 5.59. The monoisotopic (exact) mass is 397 g/mol. The summed E-state index contributed by atoms with van der Waals surface area (Å²) in [5.41, 5.74) is 4.45. The van der Waals surface area contributed by atoms with Crippen LogP contribution >= 0.6 is 0 Å². The molecule has 0 amide bonds. The van der Waals surface area contributed by atoms with Crippen LogP contribution in [0.15, 0.2) is 42.6 Å². The van der Waals surface area contributed by atoms with Gasteiger partial charge in [0.2, 0.25) is 0 Å². The fourth-order valence-electron chi connectivity index (χ4n) is 2.64. The minimum Gasteiger partial charge on any atom is -0.399 e. The molecule has 0 saturated carbocycles. The third-order valence-corrected chi connectivity index (χ3v) is 4.03. The first kappa shape index (κ1) is 21.8. The van der Waals surface area contributed by atoms with E-state index in [-0.39, 0.29) is 17.9 Å². The van der Waals surface area contributed by atoms with Crippen LogP contribution in [-0.4, -0.2) is 48.9 Å². The molecule has 0 spiro atoms. The lowest BCUT2D eigenvalue weighted by Crippen LogP contribution is -2.43. The number of aliphatic hydroxyl groups excluding tert-OH is 1. The van der Waals surface area contributed by atoms with Crippen molar-refractivity contribution in [2.75, 3.05) is 48.7 Å². The third kappa shape index (κ3) is 6.90. The number of nitrogens with zero attached hydrogens (tertiary/aromatic N) is 2. The molecule has 154 valence electrons. The molecule has 1 unspecified atom stereocenters. The van der Waals surface area contributed by atoms with E-state index in [0.717, 1.165) is 38.1 Å². The predicted octanol–water partition coefficient (Wildman–Crippen LogP) is 2.57. The fraction of sp³-hybridized carbons (Fsp3) is 0.421. The summed E-state index contributed by atoms with van der Waals surface area (Å²) in [5, 5.41) is 14.8. The number of piperazine rings is 1. The molecule has 3 rings (SSSR count). The number of alkyl halides is 3. The van der Waals surface area contributed by atoms with Gasteiger partial charge in [0.05, 0.1) is 11.7 Å². The Hall–Kier alpha value is -2.52. The summed E-state index contributed by atoms with van der Waals surface area (Å²) < 4.78 is 37.8. The minimum atomic E-state index is -4.46. The van der Waals surface area contributed by atoms with E-state index in [0.29, 0.717) is 0 Å². The molecule has 6 nitrogen and oxygen atoms in total. The van der Waals surface area contributed by atoms with Crippen molar-refractivity contribution in [3.8, 4) is 0 Å². The highest BCUT2D eigenvalue weighted by Crippen LogP contribution is 2.35. The standard InChI is InChI=1S/C10H13F3N2O.C9H13N3/c1-6(16)5-15-9-3-2-7(14)4-8(9)10(11,12)13;1-2-4-11-9(3-1)12-7-5-10-6-8-12/h2-4,6,15-16H,5,14H2,1H3;1-4,10H,5-8H2. The Labute approximate surface area is 162 Å². The molecule has 1 aromatic heterocycles. The van der Waals surface area contributed by atoms with Gasteiger partial charge < -0.3 is 26.4 Å². The number of pyridine rings is 1. The van der Waals surface area contributed by atoms with Crippen LogP contribution < -0.4 is 21.3 Å². The largest absolute Gasteiger partial charge is 0.418 e. The van der Waals surface area contributed by atoms with Crippen LogP contribution in [0.3, 0.4) is 0 Å². The molecule has 0 bridgehead atoms. The van der Waals surface area contributed by atoms with Crippen molar-refractivity contribution in [2.45, 2.75) is 19.2 Å². The smallest absolute Gasteiger partial charge is 0.399 e. The highest BCUT2D eigenvalue weighted by Gasteiger charge is 2.33. The number of aliphatic hydroxyl groups is 1. The Bertz CT molecular complexity index is 719. The Morgan fingerprint density at radius 1 is 1.25 bits per heavy atom. The zero-order valence-corrected chi connectivity index (χ0v) is 15.7. The maximum absolute atomic E-state index is 12.6. The molecular formula is C19H26F3N5O. The molecule has 1 aromatic carbocycles. The van der Waals surface area contributed by atoms with Gasteiger partial charge in [-0.2, -0.15) is 13.2 Å². The zero-order chi connectivity index (χ0) is 20.6. The SMILES string of the molecule is CC(O)CNc1ccc(N)cc1C(F)(F)F.c1ccc(N2CCNCC2)nc1. The van der Waals surface area contributed by atoms with Crippen molar-refractivity contribution in [1.82, 2.24) is 10.3 Å². The minimum absolute atomic E-state index is 0.0486. The van der Waals surface area contributed by atoms with Gasteiger partial charge in [0.1, 0.15) is 5.82 Å². The van der Waals surface area contributed by atoms with E-state index in [9.17, 15) is 13.2 Å². The van der Waals surface area contributed by atoms with Gasteiger partial charge >= 0.3 is 6.18 Å². The van der Waals surface area contributed by atoms with E-state index in [4.69, 9.17) is 10.8 Å². The molecule has 1 fully saturated rings. The lowest BCUT2D eigenvalue weighted by atomic mass is 10.1. The summed E-state index contributed by atoms with van der Waals surface area (Å²) in [6.45, 7) is 5.80. The molecular weight excluding hydrogens is 371 g/mol. The Kier molecular flexibility index (Phi) is 7.89. The topological polar surface area (TPSA) is 86.4 Å². The van der Waals surface area contributed by atoms with Crippen LogP contribution in [0.5, 0.6) is 0 Å². The van der Waals surface area contributed by atoms with Gasteiger partial charge in [0.15, 0.2) is 0 Å². The average molecular weight is 397 g/mol. The quantitative estimate of drug-likeness (QED) is 0.594. The van der Waals surface area contributed by atoms with Crippen LogP contribution in [-0.2, 0) is 6.18 Å². The average Bonchev–Trinajstić information content (AvgIpc) is 2.68. The van der Waals surface area contributed by atoms with Gasteiger partial charge in [0, 0.05) is 50.3 Å². The summed E-state index contributed by atoms with van der Waals surface area (Å²) in [4.78, 5) is 6.60. The maximum Gasteiger partial charge on any atom is 0.418 e. The van der Waals surface area contributed by atoms with Crippen LogP contribution in [0, 0.1) is 0 Å². The number of rotatable bonds is 4. The van der Waals surface area contributed by atoms with E-state index < -0.39 is 17.8 Å². The first-order valence-corrected chi connectivity index (χ1v) is 9.02. The van der Waals surface area contributed by atoms with Crippen LogP contribution in [0.25, 0.3) is 0 Å². The number of halogens is 3. The third-order valence-electron chi connectivity index (χ3n) is 4.03. The van der Waals surface area contributed by atoms with Crippen molar-refractivity contribution in [1.29, 1.82) is 0 Å². The number of anilines is 3. The van der Waals surface area contributed by atoms with E-state index >= 15 is 0 Å². The molecule has 1 aliphatic rings. The lowest BCUT2D eigenvalue weighted by Gasteiger charge is -2.28. The van der Waals surface area contributed by atoms with Crippen molar-refractivity contribution in [3.05, 3.63) is 48.2 Å². The molecule has 0 radical (unpaired) electrons. The molecule has 28 heavy (non-hydrogen) atoms. The van der Waals surface area contributed by atoms with Crippen LogP contribution in [0.2, 0.25) is 0 Å². The Morgan fingerprint density at radius 3 is 2.54 bits per heavy atom. The number of nitrogen functional groups attached to an aromatic ring is 1. The van der Waals surface area contributed by atoms with Crippen molar-refractivity contribution in [2.24, 2.45) is 0 Å². The van der Waals surface area contributed by atoms with Gasteiger partial charge in [-0.05, 0) is 37.3 Å². The van der Waals surface area contributed by atoms with E-state index in [1.165, 1.54) is 19.1 Å². The fourth-order valence-corrected chi connectivity index (χ4v) is 2.64. The van der Waals surface area contributed by atoms with Gasteiger partial charge in [-0.1, -0.05) is 6.07 Å². The van der Waals surface area contributed by atoms with Gasteiger partial charge in [0.25, 0.3) is 0 Å². The van der Waals surface area contributed by atoms with E-state index in [1.807, 2.05) is 18.3 Å². The molecule has 0 aliphatic carbocycles. The van der Waals surface area contributed by atoms with Gasteiger partial charge in [-0.25, -0.2) is 4.98 Å². The summed E-state index contributed by atoms with van der Waals surface area (Å²) in [5.74, 6) is 1.10. The number of hydrogen-bond donors (Lipinski definition) is 4. The second kappa shape index (κ2) is 10.1. The second-order valence-electron chi connectivity index (χ2n) is 6.46. The number of aromatic nitrogens is 1. The molecule has 1 aliphatic heterocycles. The first-order chi connectivity index (χ1) is 13.3. The number of benzene rings is 1. The van der Waals surface area contributed by atoms with Crippen LogP contribution in [0.1, 0.15) is 12.5 Å². The van der Waals surface area contributed by atoms with Crippen LogP contribution in [0.4, 0.5) is 30.4 Å². The Balaban J connectivity index is 0.000000207. The van der Waals surface area contributed by atoms with Gasteiger partial charge in [-0.3, -0.25) is 0 Å². The summed E-state index contributed by atoms with van der Waals surface area (Å²) in [6.07, 6.45) is -3.34. The van der Waals surface area contributed by atoms with E-state index in [2.05, 4.69) is 26.6 Å². The highest BCUT2D eigenvalue weighted by atomic mass is 19.4. The molecule has 5 N–H and O–H groups in total. The summed E-state index contributed by atoms with van der Waals surface area (Å²) in [7, 11) is 0. The zero-order valence-electron chi connectivity index (χ0n) is 15.7. The van der Waals surface area contributed by atoms with Crippen molar-refractivity contribution in [3.63, 3.8) is 0 Å². The number of nitrogens with two attached hydrogens (primary N) is 1. The summed E-state index contributed by atoms with van der Waals surface area (Å²) >= 11 is 0.